The number of rotatable bonds is 4. The first-order valence-corrected chi connectivity index (χ1v) is 5.78. The predicted molar refractivity (Wildman–Crippen MR) is 65.9 cm³/mol. The standard InChI is InChI=1S/C12H15F2N5/c1-7-3-4-9(13)11(12(7)14)10(16-15)5-8-6-19(2)18-17-8/h3-4,6,10,16H,5,15H2,1-2H3. The van der Waals surface area contributed by atoms with Crippen molar-refractivity contribution in [3.05, 3.63) is 46.8 Å². The second-order valence-electron chi connectivity index (χ2n) is 4.40. The second-order valence-corrected chi connectivity index (χ2v) is 4.40. The molecule has 0 radical (unpaired) electrons. The van der Waals surface area contributed by atoms with Crippen molar-refractivity contribution in [1.29, 1.82) is 0 Å². The van der Waals surface area contributed by atoms with Crippen molar-refractivity contribution in [3.63, 3.8) is 0 Å². The molecule has 0 spiro atoms. The lowest BCUT2D eigenvalue weighted by atomic mass is 9.99. The van der Waals surface area contributed by atoms with Gasteiger partial charge in [-0.1, -0.05) is 11.3 Å². The molecule has 0 bridgehead atoms. The van der Waals surface area contributed by atoms with Crippen LogP contribution in [0.5, 0.6) is 0 Å². The zero-order valence-corrected chi connectivity index (χ0v) is 10.7. The smallest absolute Gasteiger partial charge is 0.133 e. The fourth-order valence-electron chi connectivity index (χ4n) is 1.94. The van der Waals surface area contributed by atoms with Crippen molar-refractivity contribution < 1.29 is 8.78 Å². The maximum absolute atomic E-state index is 14.0. The van der Waals surface area contributed by atoms with Crippen LogP contribution >= 0.6 is 0 Å². The number of halogens is 2. The summed E-state index contributed by atoms with van der Waals surface area (Å²) in [5.74, 6) is 4.19. The molecule has 0 aliphatic carbocycles. The van der Waals surface area contributed by atoms with Gasteiger partial charge in [-0.3, -0.25) is 16.0 Å². The summed E-state index contributed by atoms with van der Waals surface area (Å²) in [6.07, 6.45) is 1.93. The number of hydrazine groups is 1. The number of hydrogen-bond acceptors (Lipinski definition) is 4. The van der Waals surface area contributed by atoms with E-state index in [4.69, 9.17) is 5.84 Å². The third kappa shape index (κ3) is 2.77. The zero-order chi connectivity index (χ0) is 14.0. The number of hydrogen-bond donors (Lipinski definition) is 2. The lowest BCUT2D eigenvalue weighted by Crippen LogP contribution is -2.31. The molecule has 1 heterocycles. The van der Waals surface area contributed by atoms with Crippen molar-refractivity contribution in [2.24, 2.45) is 12.9 Å². The molecule has 102 valence electrons. The van der Waals surface area contributed by atoms with E-state index in [-0.39, 0.29) is 12.0 Å². The fourth-order valence-corrected chi connectivity index (χ4v) is 1.94. The van der Waals surface area contributed by atoms with E-state index in [1.54, 1.807) is 20.2 Å². The minimum absolute atomic E-state index is 0.0758. The minimum Gasteiger partial charge on any atom is -0.271 e. The molecule has 0 saturated carbocycles. The average Bonchev–Trinajstić information content (AvgIpc) is 2.78. The summed E-state index contributed by atoms with van der Waals surface area (Å²) >= 11 is 0. The number of aryl methyl sites for hydroxylation is 2. The van der Waals surface area contributed by atoms with Crippen molar-refractivity contribution in [3.8, 4) is 0 Å². The van der Waals surface area contributed by atoms with E-state index in [0.717, 1.165) is 0 Å². The van der Waals surface area contributed by atoms with E-state index in [1.165, 1.54) is 16.8 Å². The Kier molecular flexibility index (Phi) is 3.87. The van der Waals surface area contributed by atoms with E-state index in [9.17, 15) is 8.78 Å². The molecule has 1 atom stereocenters. The molecule has 0 saturated heterocycles. The average molecular weight is 267 g/mol. The van der Waals surface area contributed by atoms with Gasteiger partial charge in [-0.05, 0) is 18.6 Å². The summed E-state index contributed by atoms with van der Waals surface area (Å²) in [7, 11) is 1.72. The summed E-state index contributed by atoms with van der Waals surface area (Å²) in [4.78, 5) is 0. The maximum atomic E-state index is 14.0. The Labute approximate surface area is 109 Å². The minimum atomic E-state index is -0.698. The van der Waals surface area contributed by atoms with E-state index in [1.807, 2.05) is 0 Å². The van der Waals surface area contributed by atoms with Crippen LogP contribution in [0.15, 0.2) is 18.3 Å². The highest BCUT2D eigenvalue weighted by Gasteiger charge is 2.22. The molecule has 5 nitrogen and oxygen atoms in total. The normalized spacial score (nSPS) is 12.7. The van der Waals surface area contributed by atoms with E-state index in [2.05, 4.69) is 15.7 Å². The molecule has 7 heteroatoms. The fraction of sp³-hybridized carbons (Fsp3) is 0.333. The second kappa shape index (κ2) is 5.41. The number of benzene rings is 1. The third-order valence-electron chi connectivity index (χ3n) is 2.93. The Bertz CT molecular complexity index is 581. The summed E-state index contributed by atoms with van der Waals surface area (Å²) in [5.41, 5.74) is 3.33. The number of nitrogens with zero attached hydrogens (tertiary/aromatic N) is 3. The Balaban J connectivity index is 2.34. The Hall–Kier alpha value is -1.86. The summed E-state index contributed by atoms with van der Waals surface area (Å²) < 4.78 is 29.3. The summed E-state index contributed by atoms with van der Waals surface area (Å²) in [6.45, 7) is 1.58. The first-order valence-electron chi connectivity index (χ1n) is 5.78. The first kappa shape index (κ1) is 13.6. The molecular formula is C12H15F2N5. The highest BCUT2D eigenvalue weighted by atomic mass is 19.1. The van der Waals surface area contributed by atoms with Gasteiger partial charge in [-0.2, -0.15) is 0 Å². The maximum Gasteiger partial charge on any atom is 0.133 e. The van der Waals surface area contributed by atoms with Crippen LogP contribution in [-0.2, 0) is 13.5 Å². The molecule has 3 N–H and O–H groups in total. The molecule has 0 aliphatic rings. The van der Waals surface area contributed by atoms with Gasteiger partial charge in [0.15, 0.2) is 0 Å². The van der Waals surface area contributed by atoms with Crippen LogP contribution in [0.2, 0.25) is 0 Å². The Morgan fingerprint density at radius 3 is 2.74 bits per heavy atom. The van der Waals surface area contributed by atoms with Crippen LogP contribution in [0.3, 0.4) is 0 Å². The molecule has 0 fully saturated rings. The number of aromatic nitrogens is 3. The zero-order valence-electron chi connectivity index (χ0n) is 10.7. The molecule has 1 aromatic heterocycles. The van der Waals surface area contributed by atoms with Gasteiger partial charge in [-0.15, -0.1) is 5.10 Å². The molecular weight excluding hydrogens is 252 g/mol. The summed E-state index contributed by atoms with van der Waals surface area (Å²) in [6, 6.07) is 1.93. The molecule has 2 rings (SSSR count). The Morgan fingerprint density at radius 1 is 1.42 bits per heavy atom. The van der Waals surface area contributed by atoms with Crippen LogP contribution in [-0.4, -0.2) is 15.0 Å². The van der Waals surface area contributed by atoms with Gasteiger partial charge < -0.3 is 0 Å². The number of nitrogens with one attached hydrogen (secondary N) is 1. The highest BCUT2D eigenvalue weighted by molar-refractivity contribution is 5.30. The van der Waals surface area contributed by atoms with Gasteiger partial charge in [0.1, 0.15) is 11.6 Å². The predicted octanol–water partition coefficient (Wildman–Crippen LogP) is 1.15. The lowest BCUT2D eigenvalue weighted by Gasteiger charge is -2.17. The third-order valence-corrected chi connectivity index (χ3v) is 2.93. The van der Waals surface area contributed by atoms with E-state index in [0.29, 0.717) is 11.3 Å². The highest BCUT2D eigenvalue weighted by Crippen LogP contribution is 2.25. The first-order chi connectivity index (χ1) is 9.02. The quantitative estimate of drug-likeness (QED) is 0.644. The van der Waals surface area contributed by atoms with Crippen molar-refractivity contribution in [2.75, 3.05) is 0 Å². The number of nitrogens with two attached hydrogens (primary N) is 1. The van der Waals surface area contributed by atoms with Crippen LogP contribution in [0.4, 0.5) is 8.78 Å². The molecule has 2 aromatic rings. The molecule has 1 unspecified atom stereocenters. The molecule has 1 aromatic carbocycles. The largest absolute Gasteiger partial charge is 0.271 e. The molecule has 19 heavy (non-hydrogen) atoms. The van der Waals surface area contributed by atoms with Gasteiger partial charge in [-0.25, -0.2) is 8.78 Å². The molecule has 0 amide bonds. The van der Waals surface area contributed by atoms with E-state index >= 15 is 0 Å². The van der Waals surface area contributed by atoms with E-state index < -0.39 is 17.7 Å². The van der Waals surface area contributed by atoms with Gasteiger partial charge >= 0.3 is 0 Å². The van der Waals surface area contributed by atoms with Gasteiger partial charge in [0.2, 0.25) is 0 Å². The molecule has 0 aliphatic heterocycles. The van der Waals surface area contributed by atoms with Crippen LogP contribution < -0.4 is 11.3 Å². The lowest BCUT2D eigenvalue weighted by molar-refractivity contribution is 0.467. The summed E-state index contributed by atoms with van der Waals surface area (Å²) in [5, 5.41) is 7.65. The Morgan fingerprint density at radius 2 is 2.16 bits per heavy atom. The topological polar surface area (TPSA) is 68.8 Å². The van der Waals surface area contributed by atoms with Crippen molar-refractivity contribution in [2.45, 2.75) is 19.4 Å². The monoisotopic (exact) mass is 267 g/mol. The van der Waals surface area contributed by atoms with Crippen LogP contribution in [0.1, 0.15) is 22.9 Å². The van der Waals surface area contributed by atoms with Crippen LogP contribution in [0, 0.1) is 18.6 Å². The van der Waals surface area contributed by atoms with Gasteiger partial charge in [0.25, 0.3) is 0 Å². The van der Waals surface area contributed by atoms with Gasteiger partial charge in [0, 0.05) is 25.2 Å². The van der Waals surface area contributed by atoms with Gasteiger partial charge in [0.05, 0.1) is 11.7 Å². The SMILES string of the molecule is Cc1ccc(F)c(C(Cc2cn(C)nn2)NN)c1F. The van der Waals surface area contributed by atoms with Crippen LogP contribution in [0.25, 0.3) is 0 Å². The van der Waals surface area contributed by atoms with Crippen molar-refractivity contribution in [1.82, 2.24) is 20.4 Å². The van der Waals surface area contributed by atoms with Crippen molar-refractivity contribution >= 4 is 0 Å².